The Kier molecular flexibility index (Phi) is 7.23. The molecule has 0 radical (unpaired) electrons. The fourth-order valence-electron chi connectivity index (χ4n) is 4.73. The second-order valence-corrected chi connectivity index (χ2v) is 11.6. The second kappa shape index (κ2) is 10.6. The van der Waals surface area contributed by atoms with Gasteiger partial charge in [0.15, 0.2) is 0 Å². The molecule has 1 saturated heterocycles. The molecule has 1 aliphatic rings. The van der Waals surface area contributed by atoms with Crippen LogP contribution in [0.3, 0.4) is 0 Å². The number of nitrogens with zero attached hydrogens (tertiary/aromatic N) is 4. The van der Waals surface area contributed by atoms with Crippen LogP contribution >= 0.6 is 11.7 Å². The number of sulfonamides is 1. The molecule has 1 aromatic heterocycles. The predicted molar refractivity (Wildman–Crippen MR) is 146 cm³/mol. The number of hydrogen-bond donors (Lipinski definition) is 1. The van der Waals surface area contributed by atoms with Gasteiger partial charge in [-0.2, -0.15) is 13.5 Å². The van der Waals surface area contributed by atoms with Crippen molar-refractivity contribution in [2.75, 3.05) is 31.1 Å². The molecule has 2 heterocycles. The van der Waals surface area contributed by atoms with Crippen LogP contribution in [0.1, 0.15) is 16.7 Å². The van der Waals surface area contributed by atoms with Gasteiger partial charge in [-0.05, 0) is 55.2 Å². The summed E-state index contributed by atoms with van der Waals surface area (Å²) in [5.41, 5.74) is 5.28. The van der Waals surface area contributed by atoms with E-state index in [4.69, 9.17) is 0 Å². The van der Waals surface area contributed by atoms with E-state index in [-0.39, 0.29) is 17.2 Å². The highest BCUT2D eigenvalue weighted by Crippen LogP contribution is 2.24. The van der Waals surface area contributed by atoms with Crippen LogP contribution in [0.2, 0.25) is 0 Å². The molecule has 8 nitrogen and oxygen atoms in total. The normalized spacial score (nSPS) is 15.2. The molecule has 1 fully saturated rings. The maximum absolute atomic E-state index is 13.7. The van der Waals surface area contributed by atoms with Crippen molar-refractivity contribution in [1.82, 2.24) is 18.4 Å². The Bertz CT molecular complexity index is 1510. The average Bonchev–Trinajstić information content (AvgIpc) is 3.39. The van der Waals surface area contributed by atoms with Gasteiger partial charge in [-0.1, -0.05) is 48.5 Å². The molecule has 10 heteroatoms. The predicted octanol–water partition coefficient (Wildman–Crippen LogP) is 3.55. The molecule has 0 unspecified atom stereocenters. The van der Waals surface area contributed by atoms with Gasteiger partial charge in [0, 0.05) is 31.9 Å². The first-order valence-corrected chi connectivity index (χ1v) is 14.4. The van der Waals surface area contributed by atoms with E-state index in [1.165, 1.54) is 22.9 Å². The number of amides is 1. The Morgan fingerprint density at radius 2 is 1.73 bits per heavy atom. The zero-order chi connectivity index (χ0) is 26.0. The first-order chi connectivity index (χ1) is 17.8. The first-order valence-electron chi connectivity index (χ1n) is 12.2. The third kappa shape index (κ3) is 5.51. The van der Waals surface area contributed by atoms with Crippen LogP contribution in [0.25, 0.3) is 11.0 Å². The quantitative estimate of drug-likeness (QED) is 0.389. The number of aryl methyl sites for hydroxylation is 2. The van der Waals surface area contributed by atoms with Crippen molar-refractivity contribution < 1.29 is 13.2 Å². The number of fused-ring (bicyclic) bond motifs is 1. The Labute approximate surface area is 221 Å². The molecular formula is C27H29N5O3S2. The van der Waals surface area contributed by atoms with Gasteiger partial charge in [0.2, 0.25) is 15.9 Å². The summed E-state index contributed by atoms with van der Waals surface area (Å²) < 4.78 is 38.0. The molecule has 0 aliphatic carbocycles. The van der Waals surface area contributed by atoms with Gasteiger partial charge in [-0.25, -0.2) is 8.42 Å². The fourth-order valence-corrected chi connectivity index (χ4v) is 6.68. The molecule has 1 amide bonds. The van der Waals surface area contributed by atoms with Gasteiger partial charge in [0.05, 0.1) is 11.7 Å². The molecular weight excluding hydrogens is 506 g/mol. The summed E-state index contributed by atoms with van der Waals surface area (Å²) in [6.07, 6.45) is 0.251. The zero-order valence-electron chi connectivity index (χ0n) is 20.8. The van der Waals surface area contributed by atoms with Crippen molar-refractivity contribution in [2.24, 2.45) is 0 Å². The van der Waals surface area contributed by atoms with Gasteiger partial charge >= 0.3 is 0 Å². The SMILES string of the molecule is Cc1ccc(C)c(N2CCN(C(=O)[C@H](Cc3ccccc3)NS(=O)(=O)c3cccc4nsnc34)CC2)c1. The van der Waals surface area contributed by atoms with E-state index in [9.17, 15) is 13.2 Å². The van der Waals surface area contributed by atoms with Crippen LogP contribution in [0.4, 0.5) is 5.69 Å². The topological polar surface area (TPSA) is 95.5 Å². The molecule has 4 aromatic rings. The third-order valence-corrected chi connectivity index (χ3v) is 8.76. The van der Waals surface area contributed by atoms with E-state index < -0.39 is 16.1 Å². The fraction of sp³-hybridized carbons (Fsp3) is 0.296. The molecule has 1 N–H and O–H groups in total. The Morgan fingerprint density at radius 1 is 0.973 bits per heavy atom. The number of nitrogens with one attached hydrogen (secondary N) is 1. The van der Waals surface area contributed by atoms with Gasteiger partial charge < -0.3 is 9.80 Å². The zero-order valence-corrected chi connectivity index (χ0v) is 22.4. The maximum Gasteiger partial charge on any atom is 0.243 e. The molecule has 37 heavy (non-hydrogen) atoms. The van der Waals surface area contributed by atoms with E-state index in [2.05, 4.69) is 50.4 Å². The van der Waals surface area contributed by atoms with Crippen molar-refractivity contribution >= 4 is 44.4 Å². The summed E-state index contributed by atoms with van der Waals surface area (Å²) in [6.45, 7) is 6.57. The molecule has 3 aromatic carbocycles. The van der Waals surface area contributed by atoms with Crippen LogP contribution in [-0.2, 0) is 21.2 Å². The minimum atomic E-state index is -4.03. The van der Waals surface area contributed by atoms with E-state index >= 15 is 0 Å². The summed E-state index contributed by atoms with van der Waals surface area (Å²) in [6, 6.07) is 19.8. The lowest BCUT2D eigenvalue weighted by Gasteiger charge is -2.38. The number of rotatable bonds is 7. The second-order valence-electron chi connectivity index (χ2n) is 9.35. The molecule has 0 bridgehead atoms. The maximum atomic E-state index is 13.7. The first kappa shape index (κ1) is 25.3. The number of carbonyl (C=O) groups is 1. The van der Waals surface area contributed by atoms with Gasteiger partial charge in [-0.3, -0.25) is 4.79 Å². The number of hydrogen-bond acceptors (Lipinski definition) is 7. The molecule has 1 aliphatic heterocycles. The lowest BCUT2D eigenvalue weighted by molar-refractivity contribution is -0.133. The van der Waals surface area contributed by atoms with E-state index in [0.717, 1.165) is 17.3 Å². The van der Waals surface area contributed by atoms with Crippen LogP contribution in [-0.4, -0.2) is 60.2 Å². The number of piperazine rings is 1. The smallest absolute Gasteiger partial charge is 0.243 e. The van der Waals surface area contributed by atoms with Crippen molar-refractivity contribution in [3.8, 4) is 0 Å². The van der Waals surface area contributed by atoms with E-state index in [1.807, 2.05) is 30.3 Å². The summed E-state index contributed by atoms with van der Waals surface area (Å²) in [5, 5.41) is 0. The summed E-state index contributed by atoms with van der Waals surface area (Å²) >= 11 is 0.962. The van der Waals surface area contributed by atoms with Crippen molar-refractivity contribution in [3.05, 3.63) is 83.4 Å². The van der Waals surface area contributed by atoms with Crippen LogP contribution in [0.15, 0.2) is 71.6 Å². The molecule has 0 spiro atoms. The molecule has 1 atom stereocenters. The van der Waals surface area contributed by atoms with Gasteiger partial charge in [0.25, 0.3) is 0 Å². The molecule has 0 saturated carbocycles. The number of carbonyl (C=O) groups excluding carboxylic acids is 1. The summed E-state index contributed by atoms with van der Waals surface area (Å²) in [7, 11) is -4.03. The largest absolute Gasteiger partial charge is 0.368 e. The number of anilines is 1. The van der Waals surface area contributed by atoms with E-state index in [1.54, 1.807) is 17.0 Å². The lowest BCUT2D eigenvalue weighted by atomic mass is 10.0. The van der Waals surface area contributed by atoms with Crippen LogP contribution in [0, 0.1) is 13.8 Å². The Hall–Kier alpha value is -3.34. The van der Waals surface area contributed by atoms with E-state index in [0.29, 0.717) is 37.2 Å². The van der Waals surface area contributed by atoms with Gasteiger partial charge in [-0.15, -0.1) is 0 Å². The highest BCUT2D eigenvalue weighted by atomic mass is 32.2. The van der Waals surface area contributed by atoms with Crippen molar-refractivity contribution in [3.63, 3.8) is 0 Å². The highest BCUT2D eigenvalue weighted by molar-refractivity contribution is 7.89. The summed E-state index contributed by atoms with van der Waals surface area (Å²) in [5.74, 6) is -0.225. The molecule has 5 rings (SSSR count). The Balaban J connectivity index is 1.37. The van der Waals surface area contributed by atoms with Crippen molar-refractivity contribution in [2.45, 2.75) is 31.2 Å². The Morgan fingerprint density at radius 3 is 2.49 bits per heavy atom. The number of aromatic nitrogens is 2. The minimum absolute atomic E-state index is 0.0318. The average molecular weight is 536 g/mol. The third-order valence-electron chi connectivity index (χ3n) is 6.71. The lowest BCUT2D eigenvalue weighted by Crippen LogP contribution is -2.55. The van der Waals surface area contributed by atoms with Crippen LogP contribution < -0.4 is 9.62 Å². The number of benzene rings is 3. The monoisotopic (exact) mass is 535 g/mol. The van der Waals surface area contributed by atoms with Crippen molar-refractivity contribution in [1.29, 1.82) is 0 Å². The minimum Gasteiger partial charge on any atom is -0.368 e. The molecule has 192 valence electrons. The summed E-state index contributed by atoms with van der Waals surface area (Å²) in [4.78, 5) is 17.8. The highest BCUT2D eigenvalue weighted by Gasteiger charge is 2.32. The van der Waals surface area contributed by atoms with Crippen LogP contribution in [0.5, 0.6) is 0 Å². The van der Waals surface area contributed by atoms with Gasteiger partial charge in [0.1, 0.15) is 22.0 Å². The standard InChI is InChI=1S/C27H29N5O3S2/c1-19-11-12-20(2)24(17-19)31-13-15-32(16-14-31)27(33)23(18-21-7-4-3-5-8-21)30-37(34,35)25-10-6-9-22-26(25)29-36-28-22/h3-12,17,23,30H,13-16,18H2,1-2H3/t23-/m0/s1.